The monoisotopic (exact) mass is 380 g/mol. The number of Topliss-reactive ketones (excluding diaryl/α,β-unsaturated/α-hetero) is 1. The van der Waals surface area contributed by atoms with Crippen LogP contribution < -0.4 is 0 Å². The van der Waals surface area contributed by atoms with Gasteiger partial charge < -0.3 is 0 Å². The molecule has 0 atom stereocenters. The van der Waals surface area contributed by atoms with E-state index in [1.54, 1.807) is 17.5 Å². The molecule has 0 saturated carbocycles. The molecule has 0 spiro atoms. The summed E-state index contributed by atoms with van der Waals surface area (Å²) in [7, 11) is 0. The Balaban J connectivity index is 2.21. The van der Waals surface area contributed by atoms with Crippen LogP contribution in [0.4, 0.5) is 4.39 Å². The Bertz CT molecular complexity index is 567. The molecule has 17 heavy (non-hydrogen) atoms. The van der Waals surface area contributed by atoms with Crippen molar-refractivity contribution in [3.05, 3.63) is 54.5 Å². The maximum absolute atomic E-state index is 13.2. The van der Waals surface area contributed by atoms with Crippen molar-refractivity contribution in [3.8, 4) is 0 Å². The van der Waals surface area contributed by atoms with Crippen LogP contribution in [0.5, 0.6) is 0 Å². The number of rotatable bonds is 3. The fourth-order valence-electron chi connectivity index (χ4n) is 1.42. The second kappa shape index (κ2) is 5.46. The Labute approximate surface area is 121 Å². The summed E-state index contributed by atoms with van der Waals surface area (Å²) >= 11 is 9.47. The Morgan fingerprint density at radius 3 is 2.88 bits per heavy atom. The van der Waals surface area contributed by atoms with Gasteiger partial charge in [-0.15, -0.1) is 11.3 Å². The van der Waals surface area contributed by atoms with Gasteiger partial charge >= 0.3 is 0 Å². The van der Waals surface area contributed by atoms with Crippen LogP contribution >= 0.6 is 45.5 Å². The number of hydrogen-bond donors (Lipinski definition) is 0. The minimum Gasteiger partial charge on any atom is -0.294 e. The smallest absolute Gasteiger partial charge is 0.168 e. The topological polar surface area (TPSA) is 17.1 Å². The molecule has 2 aromatic rings. The van der Waals surface area contributed by atoms with Crippen molar-refractivity contribution in [2.75, 3.05) is 0 Å². The average molecular weight is 381 g/mol. The highest BCUT2D eigenvalue weighted by atomic mass is 127. The predicted molar refractivity (Wildman–Crippen MR) is 76.5 cm³/mol. The number of carbonyl (C=O) groups excluding carboxylic acids is 1. The van der Waals surface area contributed by atoms with Gasteiger partial charge in [0.05, 0.1) is 7.91 Å². The first-order chi connectivity index (χ1) is 8.08. The van der Waals surface area contributed by atoms with E-state index in [0.29, 0.717) is 11.1 Å². The first kappa shape index (κ1) is 13.0. The molecule has 0 radical (unpaired) electrons. The molecule has 0 N–H and O–H groups in total. The summed E-state index contributed by atoms with van der Waals surface area (Å²) in [5, 5.41) is 1.84. The van der Waals surface area contributed by atoms with Gasteiger partial charge in [-0.05, 0) is 40.3 Å². The van der Waals surface area contributed by atoms with E-state index in [1.165, 1.54) is 17.4 Å². The molecule has 0 aliphatic rings. The summed E-state index contributed by atoms with van der Waals surface area (Å²) in [5.41, 5.74) is 1.18. The molecule has 0 aliphatic heterocycles. The van der Waals surface area contributed by atoms with Gasteiger partial charge in [0.15, 0.2) is 5.78 Å². The number of halogens is 3. The number of benzene rings is 1. The average Bonchev–Trinajstić information content (AvgIpc) is 2.72. The van der Waals surface area contributed by atoms with Crippen LogP contribution in [0.15, 0.2) is 29.6 Å². The Morgan fingerprint density at radius 2 is 2.24 bits per heavy atom. The molecule has 1 aromatic heterocycles. The van der Waals surface area contributed by atoms with E-state index in [9.17, 15) is 9.18 Å². The van der Waals surface area contributed by atoms with Crippen LogP contribution in [0.3, 0.4) is 0 Å². The lowest BCUT2D eigenvalue weighted by molar-refractivity contribution is 0.0993. The Morgan fingerprint density at radius 1 is 1.47 bits per heavy atom. The molecule has 0 saturated heterocycles. The lowest BCUT2D eigenvalue weighted by Crippen LogP contribution is -2.03. The van der Waals surface area contributed by atoms with Crippen LogP contribution in [0.25, 0.3) is 0 Å². The fraction of sp³-hybridized carbons (Fsp3) is 0.0833. The molecular formula is C12H7ClFIOS. The van der Waals surface area contributed by atoms with E-state index in [4.69, 9.17) is 11.6 Å². The van der Waals surface area contributed by atoms with Gasteiger partial charge in [-0.25, -0.2) is 4.39 Å². The molecule has 0 unspecified atom stereocenters. The maximum Gasteiger partial charge on any atom is 0.168 e. The molecule has 0 fully saturated rings. The normalized spacial score (nSPS) is 10.5. The van der Waals surface area contributed by atoms with E-state index in [2.05, 4.69) is 22.6 Å². The van der Waals surface area contributed by atoms with Gasteiger partial charge in [-0.3, -0.25) is 4.79 Å². The van der Waals surface area contributed by atoms with Crippen molar-refractivity contribution in [1.29, 1.82) is 0 Å². The van der Waals surface area contributed by atoms with Crippen LogP contribution in [-0.2, 0) is 6.42 Å². The quantitative estimate of drug-likeness (QED) is 0.563. The number of carbonyl (C=O) groups is 1. The minimum atomic E-state index is -0.489. The third-order valence-electron chi connectivity index (χ3n) is 2.27. The molecule has 5 heteroatoms. The van der Waals surface area contributed by atoms with Crippen LogP contribution in [0.2, 0.25) is 5.02 Å². The molecule has 1 aromatic carbocycles. The molecule has 1 heterocycles. The molecule has 0 bridgehead atoms. The summed E-state index contributed by atoms with van der Waals surface area (Å²) < 4.78 is 14.2. The van der Waals surface area contributed by atoms with E-state index < -0.39 is 5.82 Å². The zero-order chi connectivity index (χ0) is 12.4. The maximum atomic E-state index is 13.2. The third-order valence-corrected chi connectivity index (χ3v) is 4.48. The molecule has 0 aliphatic carbocycles. The zero-order valence-corrected chi connectivity index (χ0v) is 12.3. The van der Waals surface area contributed by atoms with Gasteiger partial charge in [-0.1, -0.05) is 23.7 Å². The van der Waals surface area contributed by atoms with E-state index in [1.807, 2.05) is 6.07 Å². The summed E-state index contributed by atoms with van der Waals surface area (Å²) in [6.45, 7) is 0. The molecular weight excluding hydrogens is 374 g/mol. The van der Waals surface area contributed by atoms with Gasteiger partial charge in [0.1, 0.15) is 5.82 Å². The third kappa shape index (κ3) is 3.05. The van der Waals surface area contributed by atoms with E-state index in [0.717, 1.165) is 2.88 Å². The van der Waals surface area contributed by atoms with Gasteiger partial charge in [0.2, 0.25) is 0 Å². The van der Waals surface area contributed by atoms with Gasteiger partial charge in [0.25, 0.3) is 0 Å². The zero-order valence-electron chi connectivity index (χ0n) is 8.54. The largest absolute Gasteiger partial charge is 0.294 e. The van der Waals surface area contributed by atoms with Crippen molar-refractivity contribution in [3.63, 3.8) is 0 Å². The summed E-state index contributed by atoms with van der Waals surface area (Å²) in [4.78, 5) is 11.9. The van der Waals surface area contributed by atoms with Crippen molar-refractivity contribution in [1.82, 2.24) is 0 Å². The summed E-state index contributed by atoms with van der Waals surface area (Å²) in [6, 6.07) is 6.33. The molecule has 88 valence electrons. The second-order valence-corrected chi connectivity index (χ2v) is 6.64. The minimum absolute atomic E-state index is 0.0331. The van der Waals surface area contributed by atoms with Crippen molar-refractivity contribution in [2.45, 2.75) is 6.42 Å². The molecule has 0 amide bonds. The van der Waals surface area contributed by atoms with Crippen LogP contribution in [0, 0.1) is 8.70 Å². The Hall–Kier alpha value is -0.460. The highest BCUT2D eigenvalue weighted by Gasteiger charge is 2.13. The summed E-state index contributed by atoms with van der Waals surface area (Å²) in [6.07, 6.45) is 0.128. The van der Waals surface area contributed by atoms with Crippen LogP contribution in [-0.4, -0.2) is 5.78 Å². The molecule has 2 rings (SSSR count). The van der Waals surface area contributed by atoms with Gasteiger partial charge in [-0.2, -0.15) is 0 Å². The number of thiophene rings is 1. The van der Waals surface area contributed by atoms with E-state index >= 15 is 0 Å². The Kier molecular flexibility index (Phi) is 4.17. The second-order valence-electron chi connectivity index (χ2n) is 3.45. The standard InChI is InChI=1S/C12H7ClFIOS/c13-12-7(2-1-3-9(12)14)4-10(16)8-5-11(15)17-6-8/h1-3,5-6H,4H2. The summed E-state index contributed by atoms with van der Waals surface area (Å²) in [5.74, 6) is -0.534. The number of ketones is 1. The highest BCUT2D eigenvalue weighted by Crippen LogP contribution is 2.23. The van der Waals surface area contributed by atoms with E-state index in [-0.39, 0.29) is 17.2 Å². The van der Waals surface area contributed by atoms with Crippen molar-refractivity contribution >= 4 is 51.3 Å². The fourth-order valence-corrected chi connectivity index (χ4v) is 2.96. The van der Waals surface area contributed by atoms with Crippen LogP contribution in [0.1, 0.15) is 15.9 Å². The SMILES string of the molecule is O=C(Cc1cccc(F)c1Cl)c1csc(I)c1. The van der Waals surface area contributed by atoms with Crippen molar-refractivity contribution < 1.29 is 9.18 Å². The lowest BCUT2D eigenvalue weighted by Gasteiger charge is -2.03. The predicted octanol–water partition coefficient (Wildman–Crippen LogP) is 4.57. The highest BCUT2D eigenvalue weighted by molar-refractivity contribution is 14.1. The van der Waals surface area contributed by atoms with Crippen molar-refractivity contribution in [2.24, 2.45) is 0 Å². The first-order valence-corrected chi connectivity index (χ1v) is 7.11. The number of hydrogen-bond acceptors (Lipinski definition) is 2. The first-order valence-electron chi connectivity index (χ1n) is 4.78. The lowest BCUT2D eigenvalue weighted by atomic mass is 10.1. The molecule has 1 nitrogen and oxygen atoms in total. The van der Waals surface area contributed by atoms with Gasteiger partial charge in [0, 0.05) is 17.4 Å².